The van der Waals surface area contributed by atoms with Gasteiger partial charge in [-0.15, -0.1) is 0 Å². The van der Waals surface area contributed by atoms with Crippen LogP contribution in [0, 0.1) is 5.92 Å². The highest BCUT2D eigenvalue weighted by Crippen LogP contribution is 2.21. The van der Waals surface area contributed by atoms with Gasteiger partial charge in [0.1, 0.15) is 5.75 Å². The van der Waals surface area contributed by atoms with Gasteiger partial charge >= 0.3 is 0 Å². The van der Waals surface area contributed by atoms with E-state index in [0.29, 0.717) is 11.5 Å². The summed E-state index contributed by atoms with van der Waals surface area (Å²) >= 11 is 1.60. The van der Waals surface area contributed by atoms with E-state index in [4.69, 9.17) is 4.74 Å². The maximum absolute atomic E-state index is 12.6. The molecule has 3 aromatic rings. The number of hydrogen-bond donors (Lipinski definition) is 1. The third kappa shape index (κ3) is 5.53. The van der Waals surface area contributed by atoms with Crippen LogP contribution in [-0.2, 0) is 6.54 Å². The lowest BCUT2D eigenvalue weighted by Gasteiger charge is -2.32. The molecule has 0 saturated carbocycles. The molecule has 1 N–H and O–H groups in total. The van der Waals surface area contributed by atoms with E-state index in [9.17, 15) is 4.79 Å². The molecule has 0 radical (unpaired) electrons. The molecule has 0 aliphatic carbocycles. The Morgan fingerprint density at radius 3 is 2.50 bits per heavy atom. The number of carbonyl (C=O) groups is 1. The van der Waals surface area contributed by atoms with Gasteiger partial charge in [-0.25, -0.2) is 4.98 Å². The second kappa shape index (κ2) is 10.7. The number of rotatable bonds is 8. The van der Waals surface area contributed by atoms with Crippen LogP contribution in [0.1, 0.15) is 28.8 Å². The number of benzene rings is 2. The number of ether oxygens (including phenoxy) is 1. The average molecular weight is 451 g/mol. The summed E-state index contributed by atoms with van der Waals surface area (Å²) in [6.45, 7) is 3.81. The number of piperidine rings is 1. The van der Waals surface area contributed by atoms with Crippen LogP contribution in [0.15, 0.2) is 66.1 Å². The Bertz CT molecular complexity index is 1010. The second-order valence-corrected chi connectivity index (χ2v) is 8.88. The van der Waals surface area contributed by atoms with Crippen molar-refractivity contribution in [2.75, 3.05) is 33.0 Å². The van der Waals surface area contributed by atoms with E-state index >= 15 is 0 Å². The first-order valence-corrected chi connectivity index (χ1v) is 12.2. The van der Waals surface area contributed by atoms with Crippen LogP contribution in [0.4, 0.5) is 0 Å². The van der Waals surface area contributed by atoms with Gasteiger partial charge < -0.3 is 10.1 Å². The van der Waals surface area contributed by atoms with E-state index in [0.717, 1.165) is 55.6 Å². The smallest absolute Gasteiger partial charge is 0.251 e. The highest BCUT2D eigenvalue weighted by Gasteiger charge is 2.20. The van der Waals surface area contributed by atoms with E-state index in [2.05, 4.69) is 27.3 Å². The van der Waals surface area contributed by atoms with E-state index in [1.165, 1.54) is 5.56 Å². The number of likely N-dealkylation sites (tertiary alicyclic amines) is 1. The van der Waals surface area contributed by atoms with E-state index in [1.54, 1.807) is 25.1 Å². The summed E-state index contributed by atoms with van der Waals surface area (Å²) in [6.07, 6.45) is 7.93. The summed E-state index contributed by atoms with van der Waals surface area (Å²) < 4.78 is 7.25. The van der Waals surface area contributed by atoms with Gasteiger partial charge in [-0.3, -0.25) is 14.3 Å². The van der Waals surface area contributed by atoms with Crippen molar-refractivity contribution in [1.29, 1.82) is 0 Å². The quantitative estimate of drug-likeness (QED) is 0.520. The fourth-order valence-corrected chi connectivity index (χ4v) is 4.62. The lowest BCUT2D eigenvalue weighted by atomic mass is 9.96. The van der Waals surface area contributed by atoms with Crippen LogP contribution in [0.2, 0.25) is 0 Å². The summed E-state index contributed by atoms with van der Waals surface area (Å²) in [6, 6.07) is 16.0. The summed E-state index contributed by atoms with van der Waals surface area (Å²) in [4.78, 5) is 19.4. The van der Waals surface area contributed by atoms with Crippen LogP contribution in [0.3, 0.4) is 0 Å². The molecule has 7 heteroatoms. The van der Waals surface area contributed by atoms with Crippen molar-refractivity contribution in [3.63, 3.8) is 0 Å². The van der Waals surface area contributed by atoms with Gasteiger partial charge in [0.25, 0.3) is 5.91 Å². The van der Waals surface area contributed by atoms with Crippen LogP contribution in [0.5, 0.6) is 5.75 Å². The topological polar surface area (TPSA) is 59.4 Å². The van der Waals surface area contributed by atoms with E-state index < -0.39 is 0 Å². The number of methoxy groups -OCH3 is 1. The zero-order chi connectivity index (χ0) is 22.3. The molecule has 1 aromatic heterocycles. The highest BCUT2D eigenvalue weighted by atomic mass is 32.2. The van der Waals surface area contributed by atoms with Crippen molar-refractivity contribution in [3.05, 3.63) is 72.1 Å². The van der Waals surface area contributed by atoms with Crippen molar-refractivity contribution >= 4 is 17.7 Å². The molecule has 32 heavy (non-hydrogen) atoms. The first-order valence-electron chi connectivity index (χ1n) is 11.0. The summed E-state index contributed by atoms with van der Waals surface area (Å²) in [5.74, 6) is 1.41. The zero-order valence-corrected chi connectivity index (χ0v) is 19.5. The first-order chi connectivity index (χ1) is 15.7. The minimum atomic E-state index is -0.00654. The lowest BCUT2D eigenvalue weighted by molar-refractivity contribution is 0.0935. The van der Waals surface area contributed by atoms with Crippen molar-refractivity contribution in [2.24, 2.45) is 5.92 Å². The fraction of sp³-hybridized carbons (Fsp3) is 0.360. The number of nitrogens with zero attached hydrogens (tertiary/aromatic N) is 3. The zero-order valence-electron chi connectivity index (χ0n) is 18.7. The van der Waals surface area contributed by atoms with Crippen LogP contribution in [0.25, 0.3) is 5.69 Å². The van der Waals surface area contributed by atoms with Crippen molar-refractivity contribution in [3.8, 4) is 11.4 Å². The molecule has 1 fully saturated rings. The molecule has 0 unspecified atom stereocenters. The highest BCUT2D eigenvalue weighted by molar-refractivity contribution is 7.98. The number of carbonyl (C=O) groups excluding carboxylic acids is 1. The number of aromatic nitrogens is 2. The number of thioether (sulfide) groups is 1. The molecule has 2 heterocycles. The molecule has 2 aromatic carbocycles. The first kappa shape index (κ1) is 22.4. The predicted octanol–water partition coefficient (Wildman–Crippen LogP) is 4.24. The number of amides is 1. The van der Waals surface area contributed by atoms with Gasteiger partial charge in [-0.1, -0.05) is 23.9 Å². The fourth-order valence-electron chi connectivity index (χ4n) is 4.09. The maximum atomic E-state index is 12.6. The lowest BCUT2D eigenvalue weighted by Crippen LogP contribution is -2.38. The molecular weight excluding hydrogens is 420 g/mol. The summed E-state index contributed by atoms with van der Waals surface area (Å²) in [5.41, 5.74) is 3.01. The third-order valence-corrected chi connectivity index (χ3v) is 6.69. The predicted molar refractivity (Wildman–Crippen MR) is 129 cm³/mol. The van der Waals surface area contributed by atoms with Gasteiger partial charge in [-0.2, -0.15) is 0 Å². The molecule has 0 spiro atoms. The molecule has 0 atom stereocenters. The summed E-state index contributed by atoms with van der Waals surface area (Å²) in [5, 5.41) is 4.06. The maximum Gasteiger partial charge on any atom is 0.251 e. The summed E-state index contributed by atoms with van der Waals surface area (Å²) in [7, 11) is 1.69. The largest absolute Gasteiger partial charge is 0.497 e. The Morgan fingerprint density at radius 1 is 1.12 bits per heavy atom. The molecule has 1 aliphatic rings. The number of nitrogens with one attached hydrogen (secondary N) is 1. The molecule has 1 amide bonds. The van der Waals surface area contributed by atoms with Crippen molar-refractivity contribution in [2.45, 2.75) is 24.5 Å². The molecule has 1 aliphatic heterocycles. The van der Waals surface area contributed by atoms with Gasteiger partial charge in [-0.05, 0) is 80.1 Å². The Labute approximate surface area is 194 Å². The SMILES string of the molecule is COc1ccc(CN2CCC(CNC(=O)c3ccc(-n4ccnc4SC)cc3)CC2)cc1. The van der Waals surface area contributed by atoms with Gasteiger partial charge in [0, 0.05) is 36.7 Å². The van der Waals surface area contributed by atoms with E-state index in [1.807, 2.05) is 53.4 Å². The van der Waals surface area contributed by atoms with Crippen LogP contribution >= 0.6 is 11.8 Å². The van der Waals surface area contributed by atoms with Gasteiger partial charge in [0.05, 0.1) is 7.11 Å². The van der Waals surface area contributed by atoms with Crippen LogP contribution < -0.4 is 10.1 Å². The standard InChI is InChI=1S/C25H30N4O2S/c1-31-23-9-3-20(4-10-23)18-28-14-11-19(12-15-28)17-27-24(30)21-5-7-22(8-6-21)29-16-13-26-25(29)32-2/h3-10,13,16,19H,11-12,14-15,17-18H2,1-2H3,(H,27,30). The molecule has 4 rings (SSSR count). The Morgan fingerprint density at radius 2 is 1.84 bits per heavy atom. The monoisotopic (exact) mass is 450 g/mol. The second-order valence-electron chi connectivity index (χ2n) is 8.11. The molecule has 6 nitrogen and oxygen atoms in total. The molecular formula is C25H30N4O2S. The Balaban J connectivity index is 1.22. The van der Waals surface area contributed by atoms with Crippen molar-refractivity contribution < 1.29 is 9.53 Å². The Kier molecular flexibility index (Phi) is 7.50. The average Bonchev–Trinajstić information content (AvgIpc) is 3.33. The molecule has 0 bridgehead atoms. The number of hydrogen-bond acceptors (Lipinski definition) is 5. The molecule has 1 saturated heterocycles. The van der Waals surface area contributed by atoms with Gasteiger partial charge in [0.15, 0.2) is 5.16 Å². The normalized spacial score (nSPS) is 14.9. The van der Waals surface area contributed by atoms with E-state index in [-0.39, 0.29) is 5.91 Å². The van der Waals surface area contributed by atoms with Crippen LogP contribution in [-0.4, -0.2) is 53.4 Å². The minimum Gasteiger partial charge on any atom is -0.497 e. The van der Waals surface area contributed by atoms with Gasteiger partial charge in [0.2, 0.25) is 0 Å². The minimum absolute atomic E-state index is 0.00654. The third-order valence-electron chi connectivity index (χ3n) is 6.02. The Hall–Kier alpha value is -2.77. The van der Waals surface area contributed by atoms with Crippen molar-refractivity contribution in [1.82, 2.24) is 19.8 Å². The molecule has 168 valence electrons. The number of imidazole rings is 1.